The minimum absolute atomic E-state index is 0.00721. The van der Waals surface area contributed by atoms with Gasteiger partial charge in [0.1, 0.15) is 6.61 Å². The molecule has 1 unspecified atom stereocenters. The number of aromatic nitrogens is 1. The van der Waals surface area contributed by atoms with Crippen molar-refractivity contribution in [2.45, 2.75) is 25.5 Å². The highest BCUT2D eigenvalue weighted by molar-refractivity contribution is 5.95. The van der Waals surface area contributed by atoms with Gasteiger partial charge in [0, 0.05) is 19.3 Å². The first-order chi connectivity index (χ1) is 15.0. The molecule has 0 bridgehead atoms. The largest absolute Gasteiger partial charge is 0.482 e. The zero-order valence-electron chi connectivity index (χ0n) is 17.8. The van der Waals surface area contributed by atoms with Crippen LogP contribution in [0.4, 0.5) is 0 Å². The lowest BCUT2D eigenvalue weighted by Gasteiger charge is -2.33. The van der Waals surface area contributed by atoms with Crippen molar-refractivity contribution in [1.82, 2.24) is 9.99 Å². The Bertz CT molecular complexity index is 1090. The molecule has 1 atom stereocenters. The summed E-state index contributed by atoms with van der Waals surface area (Å²) >= 11 is 0. The zero-order valence-corrected chi connectivity index (χ0v) is 17.8. The molecule has 1 heterocycles. The van der Waals surface area contributed by atoms with E-state index in [0.29, 0.717) is 6.42 Å². The van der Waals surface area contributed by atoms with Gasteiger partial charge in [-0.15, -0.1) is 6.58 Å². The average molecular weight is 418 g/mol. The molecule has 31 heavy (non-hydrogen) atoms. The Morgan fingerprint density at radius 1 is 1.10 bits per heavy atom. The molecule has 0 saturated carbocycles. The van der Waals surface area contributed by atoms with E-state index in [-0.39, 0.29) is 23.5 Å². The van der Waals surface area contributed by atoms with Gasteiger partial charge in [-0.1, -0.05) is 66.7 Å². The summed E-state index contributed by atoms with van der Waals surface area (Å²) in [7, 11) is 1.52. The Labute approximate surface area is 182 Å². The van der Waals surface area contributed by atoms with Crippen LogP contribution >= 0.6 is 0 Å². The lowest BCUT2D eigenvalue weighted by molar-refractivity contribution is 0.0948. The number of pyridine rings is 1. The molecule has 0 radical (unpaired) electrons. The van der Waals surface area contributed by atoms with Crippen LogP contribution in [0.15, 0.2) is 90.4 Å². The van der Waals surface area contributed by atoms with Crippen molar-refractivity contribution in [2.75, 3.05) is 12.5 Å². The molecule has 0 aliphatic rings. The molecular weight excluding hydrogens is 390 g/mol. The first kappa shape index (κ1) is 21.9. The number of rotatable bonds is 9. The molecule has 3 rings (SSSR count). The molecule has 0 aliphatic carbocycles. The normalized spacial score (nSPS) is 12.5. The lowest BCUT2D eigenvalue weighted by Crippen LogP contribution is -2.41. The van der Waals surface area contributed by atoms with Crippen molar-refractivity contribution in [2.24, 2.45) is 0 Å². The van der Waals surface area contributed by atoms with Gasteiger partial charge in [-0.25, -0.2) is 0 Å². The van der Waals surface area contributed by atoms with Crippen LogP contribution in [0.3, 0.4) is 0 Å². The second-order valence-electron chi connectivity index (χ2n) is 7.38. The van der Waals surface area contributed by atoms with Crippen LogP contribution in [0.5, 0.6) is 5.75 Å². The number of benzene rings is 2. The number of hydrogen-bond acceptors (Lipinski definition) is 4. The van der Waals surface area contributed by atoms with Crippen molar-refractivity contribution >= 4 is 5.91 Å². The summed E-state index contributed by atoms with van der Waals surface area (Å²) in [6, 6.07) is 20.7. The third-order valence-electron chi connectivity index (χ3n) is 5.05. The molecule has 160 valence electrons. The fraction of sp³-hybridized carbons (Fsp3) is 0.200. The SMILES string of the molecule is C=CCC(C)(Nn1ccc(=O)c(OCc2ccccc2)c1C(=O)NC)c1ccccc1. The zero-order chi connectivity index (χ0) is 22.3. The molecule has 2 aromatic carbocycles. The molecule has 0 saturated heterocycles. The highest BCUT2D eigenvalue weighted by Gasteiger charge is 2.28. The number of amides is 1. The van der Waals surface area contributed by atoms with Crippen LogP contribution in [0.2, 0.25) is 0 Å². The summed E-state index contributed by atoms with van der Waals surface area (Å²) in [4.78, 5) is 25.4. The maximum atomic E-state index is 12.8. The number of nitrogens with zero attached hydrogens (tertiary/aromatic N) is 1. The number of hydrogen-bond donors (Lipinski definition) is 2. The van der Waals surface area contributed by atoms with Gasteiger partial charge >= 0.3 is 0 Å². The van der Waals surface area contributed by atoms with Crippen LogP contribution < -0.4 is 20.9 Å². The predicted molar refractivity (Wildman–Crippen MR) is 123 cm³/mol. The van der Waals surface area contributed by atoms with Gasteiger partial charge in [0.05, 0.1) is 5.54 Å². The topological polar surface area (TPSA) is 72.4 Å². The van der Waals surface area contributed by atoms with E-state index >= 15 is 0 Å². The first-order valence-corrected chi connectivity index (χ1v) is 10.1. The Kier molecular flexibility index (Phi) is 6.92. The monoisotopic (exact) mass is 417 g/mol. The van der Waals surface area contributed by atoms with E-state index in [4.69, 9.17) is 4.74 Å². The van der Waals surface area contributed by atoms with E-state index in [9.17, 15) is 9.59 Å². The minimum atomic E-state index is -0.572. The van der Waals surface area contributed by atoms with E-state index in [1.165, 1.54) is 13.1 Å². The Morgan fingerprint density at radius 2 is 1.74 bits per heavy atom. The molecule has 6 nitrogen and oxygen atoms in total. The first-order valence-electron chi connectivity index (χ1n) is 10.1. The van der Waals surface area contributed by atoms with E-state index in [1.807, 2.05) is 73.7 Å². The van der Waals surface area contributed by atoms with Gasteiger partial charge in [-0.3, -0.25) is 14.3 Å². The van der Waals surface area contributed by atoms with E-state index in [1.54, 1.807) is 10.9 Å². The van der Waals surface area contributed by atoms with Gasteiger partial charge in [0.2, 0.25) is 5.43 Å². The molecule has 2 N–H and O–H groups in total. The minimum Gasteiger partial charge on any atom is -0.482 e. The van der Waals surface area contributed by atoms with Crippen molar-refractivity contribution in [3.63, 3.8) is 0 Å². The average Bonchev–Trinajstić information content (AvgIpc) is 2.80. The summed E-state index contributed by atoms with van der Waals surface area (Å²) < 4.78 is 7.40. The van der Waals surface area contributed by atoms with Crippen LogP contribution in [-0.4, -0.2) is 17.6 Å². The van der Waals surface area contributed by atoms with Crippen molar-refractivity contribution in [3.8, 4) is 5.75 Å². The quantitative estimate of drug-likeness (QED) is 0.519. The van der Waals surface area contributed by atoms with Gasteiger partial charge < -0.3 is 15.5 Å². The molecule has 6 heteroatoms. The maximum Gasteiger partial charge on any atom is 0.273 e. The third-order valence-corrected chi connectivity index (χ3v) is 5.05. The van der Waals surface area contributed by atoms with Crippen molar-refractivity contribution in [3.05, 3.63) is 113 Å². The summed E-state index contributed by atoms with van der Waals surface area (Å²) in [5.74, 6) is -0.436. The van der Waals surface area contributed by atoms with E-state index in [2.05, 4.69) is 17.3 Å². The molecule has 1 amide bonds. The standard InChI is InChI=1S/C25H27N3O3/c1-4-16-25(2,20-13-9-6-10-14-20)27-28-17-15-21(29)23(22(28)24(30)26-3)31-18-19-11-7-5-8-12-19/h4-15,17,27H,1,16,18H2,2-3H3,(H,26,30). The fourth-order valence-corrected chi connectivity index (χ4v) is 3.40. The summed E-state index contributed by atoms with van der Waals surface area (Å²) in [5.41, 5.74) is 4.48. The predicted octanol–water partition coefficient (Wildman–Crippen LogP) is 3.82. The third kappa shape index (κ3) is 5.04. The van der Waals surface area contributed by atoms with Crippen molar-refractivity contribution < 1.29 is 9.53 Å². The van der Waals surface area contributed by atoms with Gasteiger partial charge in [-0.05, 0) is 24.5 Å². The molecule has 3 aromatic rings. The van der Waals surface area contributed by atoms with Gasteiger partial charge in [0.25, 0.3) is 5.91 Å². The van der Waals surface area contributed by atoms with Crippen LogP contribution in [0.25, 0.3) is 0 Å². The van der Waals surface area contributed by atoms with Crippen LogP contribution in [-0.2, 0) is 12.1 Å². The number of carbonyl (C=O) groups excluding carboxylic acids is 1. The number of nitrogens with one attached hydrogen (secondary N) is 2. The second-order valence-corrected chi connectivity index (χ2v) is 7.38. The smallest absolute Gasteiger partial charge is 0.273 e. The summed E-state index contributed by atoms with van der Waals surface area (Å²) in [6.45, 7) is 6.07. The van der Waals surface area contributed by atoms with Crippen molar-refractivity contribution in [1.29, 1.82) is 0 Å². The van der Waals surface area contributed by atoms with Gasteiger partial charge in [-0.2, -0.15) is 0 Å². The molecule has 0 fully saturated rings. The lowest BCUT2D eigenvalue weighted by atomic mass is 9.89. The number of ether oxygens (including phenoxy) is 1. The second kappa shape index (κ2) is 9.80. The Hall–Kier alpha value is -3.80. The van der Waals surface area contributed by atoms with Crippen LogP contribution in [0, 0.1) is 0 Å². The van der Waals surface area contributed by atoms with Crippen LogP contribution in [0.1, 0.15) is 35.0 Å². The fourth-order valence-electron chi connectivity index (χ4n) is 3.40. The summed E-state index contributed by atoms with van der Waals surface area (Å²) in [5, 5.41) is 2.61. The highest BCUT2D eigenvalue weighted by atomic mass is 16.5. The van der Waals surface area contributed by atoms with E-state index < -0.39 is 11.4 Å². The van der Waals surface area contributed by atoms with Gasteiger partial charge in [0.15, 0.2) is 11.4 Å². The molecule has 1 aromatic heterocycles. The Balaban J connectivity index is 2.04. The molecule has 0 aliphatic heterocycles. The highest BCUT2D eigenvalue weighted by Crippen LogP contribution is 2.27. The summed E-state index contributed by atoms with van der Waals surface area (Å²) in [6.07, 6.45) is 3.96. The molecular formula is C25H27N3O3. The number of carbonyl (C=O) groups is 1. The maximum absolute atomic E-state index is 12.8. The van der Waals surface area contributed by atoms with E-state index in [0.717, 1.165) is 11.1 Å². The molecule has 0 spiro atoms. The Morgan fingerprint density at radius 3 is 2.35 bits per heavy atom.